The van der Waals surface area contributed by atoms with Gasteiger partial charge in [-0.05, 0) is 36.6 Å². The fourth-order valence-electron chi connectivity index (χ4n) is 4.31. The minimum Gasteiger partial charge on any atom is -0.481 e. The second kappa shape index (κ2) is 9.93. The van der Waals surface area contributed by atoms with E-state index in [-0.39, 0.29) is 5.92 Å². The molecule has 0 unspecified atom stereocenters. The van der Waals surface area contributed by atoms with Crippen LogP contribution < -0.4 is 4.74 Å². The maximum Gasteiger partial charge on any atom is 0.407 e. The van der Waals surface area contributed by atoms with E-state index in [1.165, 1.54) is 4.90 Å². The van der Waals surface area contributed by atoms with Crippen LogP contribution >= 0.6 is 0 Å². The summed E-state index contributed by atoms with van der Waals surface area (Å²) < 4.78 is 5.22. The first-order valence-electron chi connectivity index (χ1n) is 10.8. The third-order valence-corrected chi connectivity index (χ3v) is 5.92. The first-order chi connectivity index (χ1) is 15.5. The van der Waals surface area contributed by atoms with Gasteiger partial charge < -0.3 is 24.7 Å². The van der Waals surface area contributed by atoms with E-state index in [1.54, 1.807) is 25.4 Å². The lowest BCUT2D eigenvalue weighted by molar-refractivity contribution is 0.118. The van der Waals surface area contributed by atoms with Crippen LogP contribution in [0, 0.1) is 5.92 Å². The monoisotopic (exact) mass is 436 g/mol. The van der Waals surface area contributed by atoms with Gasteiger partial charge in [-0.25, -0.2) is 9.78 Å². The Morgan fingerprint density at radius 2 is 2.06 bits per heavy atom. The average Bonchev–Trinajstić information content (AvgIpc) is 3.25. The fraction of sp³-hybridized carbons (Fsp3) is 0.375. The van der Waals surface area contributed by atoms with Crippen molar-refractivity contribution in [1.82, 2.24) is 19.8 Å². The van der Waals surface area contributed by atoms with Crippen molar-refractivity contribution in [2.24, 2.45) is 5.92 Å². The number of hydrogen-bond acceptors (Lipinski definition) is 6. The quantitative estimate of drug-likeness (QED) is 0.560. The van der Waals surface area contributed by atoms with Gasteiger partial charge in [-0.3, -0.25) is 4.98 Å². The van der Waals surface area contributed by atoms with Crippen molar-refractivity contribution in [1.29, 1.82) is 0 Å². The number of likely N-dealkylation sites (tertiary alicyclic amines) is 1. The Hall–Kier alpha value is -3.23. The Morgan fingerprint density at radius 3 is 2.81 bits per heavy atom. The standard InChI is InChI=1S/C24H28N4O4/c1-32-22-8-7-20-23(26-22)19(9-11-25-20)21(29)16-27-12-10-18(13-27)15-28(24(30)31)14-17-5-3-2-4-6-17/h2-9,11,18,21,29H,10,12-16H2,1H3,(H,30,31)/t18-,21+/m0/s1. The highest BCUT2D eigenvalue weighted by Crippen LogP contribution is 2.26. The molecule has 8 heteroatoms. The second-order valence-corrected chi connectivity index (χ2v) is 8.20. The molecular weight excluding hydrogens is 408 g/mol. The molecule has 1 aromatic carbocycles. The molecule has 0 radical (unpaired) electrons. The summed E-state index contributed by atoms with van der Waals surface area (Å²) in [6, 6.07) is 15.0. The van der Waals surface area contributed by atoms with Gasteiger partial charge in [-0.15, -0.1) is 0 Å². The highest BCUT2D eigenvalue weighted by atomic mass is 16.5. The van der Waals surface area contributed by atoms with Crippen LogP contribution in [0.5, 0.6) is 5.88 Å². The van der Waals surface area contributed by atoms with Crippen LogP contribution in [-0.2, 0) is 6.54 Å². The number of rotatable bonds is 8. The molecule has 0 aliphatic carbocycles. The van der Waals surface area contributed by atoms with Gasteiger partial charge in [0, 0.05) is 44.0 Å². The van der Waals surface area contributed by atoms with Crippen molar-refractivity contribution in [2.75, 3.05) is 33.3 Å². The number of amides is 1. The number of aliphatic hydroxyl groups is 1. The number of carbonyl (C=O) groups is 1. The molecule has 2 N–H and O–H groups in total. The van der Waals surface area contributed by atoms with E-state index in [1.807, 2.05) is 36.4 Å². The van der Waals surface area contributed by atoms with E-state index in [0.29, 0.717) is 42.1 Å². The molecule has 2 aromatic heterocycles. The SMILES string of the molecule is COc1ccc2nccc([C@H](O)CN3CC[C@H](CN(Cc4ccccc4)C(=O)O)C3)c2n1. The number of hydrogen-bond donors (Lipinski definition) is 2. The molecule has 1 saturated heterocycles. The predicted octanol–water partition coefficient (Wildman–Crippen LogP) is 3.17. The van der Waals surface area contributed by atoms with Gasteiger partial charge in [0.2, 0.25) is 5.88 Å². The number of aromatic nitrogens is 2. The van der Waals surface area contributed by atoms with Crippen molar-refractivity contribution in [3.8, 4) is 5.88 Å². The van der Waals surface area contributed by atoms with E-state index >= 15 is 0 Å². The summed E-state index contributed by atoms with van der Waals surface area (Å²) in [4.78, 5) is 24.2. The molecule has 0 bridgehead atoms. The molecule has 1 aliphatic rings. The topological polar surface area (TPSA) is 99.0 Å². The van der Waals surface area contributed by atoms with Gasteiger partial charge in [-0.1, -0.05) is 30.3 Å². The molecule has 1 fully saturated rings. The molecule has 8 nitrogen and oxygen atoms in total. The Bertz CT molecular complexity index is 1060. The maximum atomic E-state index is 11.8. The molecule has 1 aliphatic heterocycles. The zero-order chi connectivity index (χ0) is 22.5. The molecule has 0 spiro atoms. The van der Waals surface area contributed by atoms with Gasteiger partial charge >= 0.3 is 6.09 Å². The van der Waals surface area contributed by atoms with Crippen LogP contribution in [0.2, 0.25) is 0 Å². The molecule has 2 atom stereocenters. The third-order valence-electron chi connectivity index (χ3n) is 5.92. The van der Waals surface area contributed by atoms with Gasteiger partial charge in [0.05, 0.1) is 24.2 Å². The summed E-state index contributed by atoms with van der Waals surface area (Å²) in [5.74, 6) is 0.710. The predicted molar refractivity (Wildman–Crippen MR) is 120 cm³/mol. The van der Waals surface area contributed by atoms with E-state index in [2.05, 4.69) is 14.9 Å². The van der Waals surface area contributed by atoms with Crippen LogP contribution in [0.15, 0.2) is 54.7 Å². The Morgan fingerprint density at radius 1 is 1.25 bits per heavy atom. The maximum absolute atomic E-state index is 11.8. The van der Waals surface area contributed by atoms with E-state index in [0.717, 1.165) is 25.1 Å². The van der Waals surface area contributed by atoms with Crippen molar-refractivity contribution >= 4 is 17.1 Å². The summed E-state index contributed by atoms with van der Waals surface area (Å²) in [5.41, 5.74) is 3.04. The number of aliphatic hydroxyl groups excluding tert-OH is 1. The molecule has 3 aromatic rings. The van der Waals surface area contributed by atoms with Gasteiger partial charge in [0.15, 0.2) is 0 Å². The highest BCUT2D eigenvalue weighted by molar-refractivity contribution is 5.78. The van der Waals surface area contributed by atoms with E-state index in [9.17, 15) is 15.0 Å². The molecule has 168 valence electrons. The number of β-amino-alcohol motifs (C(OH)–C–C–N with tert-alkyl or cyclic N) is 1. The minimum atomic E-state index is -0.907. The van der Waals surface area contributed by atoms with Crippen LogP contribution in [-0.4, -0.2) is 69.4 Å². The Labute approximate surface area is 187 Å². The highest BCUT2D eigenvalue weighted by Gasteiger charge is 2.28. The van der Waals surface area contributed by atoms with Crippen molar-refractivity contribution in [3.63, 3.8) is 0 Å². The van der Waals surface area contributed by atoms with Crippen molar-refractivity contribution < 1.29 is 19.7 Å². The summed E-state index contributed by atoms with van der Waals surface area (Å²) >= 11 is 0. The van der Waals surface area contributed by atoms with Crippen LogP contribution in [0.1, 0.15) is 23.7 Å². The summed E-state index contributed by atoms with van der Waals surface area (Å²) in [6.45, 7) is 2.88. The number of carboxylic acid groups (broad SMARTS) is 1. The Kier molecular flexibility index (Phi) is 6.82. The van der Waals surface area contributed by atoms with Gasteiger partial charge in [0.25, 0.3) is 0 Å². The summed E-state index contributed by atoms with van der Waals surface area (Å²) in [6.07, 6.45) is 0.944. The number of pyridine rings is 2. The number of fused-ring (bicyclic) bond motifs is 1. The molecule has 4 rings (SSSR count). The lowest BCUT2D eigenvalue weighted by atomic mass is 10.1. The number of ether oxygens (including phenoxy) is 1. The van der Waals surface area contributed by atoms with Crippen LogP contribution in [0.4, 0.5) is 4.79 Å². The van der Waals surface area contributed by atoms with Crippen LogP contribution in [0.25, 0.3) is 11.0 Å². The van der Waals surface area contributed by atoms with Crippen LogP contribution in [0.3, 0.4) is 0 Å². The first-order valence-corrected chi connectivity index (χ1v) is 10.8. The van der Waals surface area contributed by atoms with Crippen molar-refractivity contribution in [3.05, 3.63) is 65.9 Å². The normalized spacial score (nSPS) is 17.4. The van der Waals surface area contributed by atoms with Crippen molar-refractivity contribution in [2.45, 2.75) is 19.1 Å². The zero-order valence-corrected chi connectivity index (χ0v) is 18.1. The van der Waals surface area contributed by atoms with E-state index < -0.39 is 12.2 Å². The Balaban J connectivity index is 1.38. The molecular formula is C24H28N4O4. The first kappa shape index (κ1) is 22.0. The molecule has 1 amide bonds. The lowest BCUT2D eigenvalue weighted by Crippen LogP contribution is -2.35. The molecule has 0 saturated carbocycles. The molecule has 3 heterocycles. The average molecular weight is 437 g/mol. The second-order valence-electron chi connectivity index (χ2n) is 8.20. The summed E-state index contributed by atoms with van der Waals surface area (Å²) in [5, 5.41) is 20.6. The van der Waals surface area contributed by atoms with Gasteiger partial charge in [0.1, 0.15) is 0 Å². The minimum absolute atomic E-state index is 0.231. The largest absolute Gasteiger partial charge is 0.481 e. The van der Waals surface area contributed by atoms with E-state index in [4.69, 9.17) is 4.74 Å². The lowest BCUT2D eigenvalue weighted by Gasteiger charge is -2.24. The molecule has 32 heavy (non-hydrogen) atoms. The number of benzene rings is 1. The van der Waals surface area contributed by atoms with Gasteiger partial charge in [-0.2, -0.15) is 0 Å². The number of methoxy groups -OCH3 is 1. The smallest absolute Gasteiger partial charge is 0.407 e. The summed E-state index contributed by atoms with van der Waals surface area (Å²) in [7, 11) is 1.56. The third kappa shape index (κ3) is 5.15. The zero-order valence-electron chi connectivity index (χ0n) is 18.1. The fourth-order valence-corrected chi connectivity index (χ4v) is 4.31. The number of nitrogens with zero attached hydrogens (tertiary/aromatic N) is 4.